The number of carbonyl (C=O) groups is 1. The number of rotatable bonds is 6. The summed E-state index contributed by atoms with van der Waals surface area (Å²) in [7, 11) is 0. The predicted molar refractivity (Wildman–Crippen MR) is 141 cm³/mol. The number of hydrogen-bond donors (Lipinski definition) is 1. The minimum absolute atomic E-state index is 0.226. The van der Waals surface area contributed by atoms with Gasteiger partial charge in [-0.3, -0.25) is 4.79 Å². The van der Waals surface area contributed by atoms with Crippen molar-refractivity contribution in [3.05, 3.63) is 61.4 Å². The summed E-state index contributed by atoms with van der Waals surface area (Å²) in [5, 5.41) is 4.34. The molecule has 0 unspecified atom stereocenters. The number of esters is 1. The van der Waals surface area contributed by atoms with E-state index in [-0.39, 0.29) is 17.5 Å². The lowest BCUT2D eigenvalue weighted by molar-refractivity contribution is -0.134. The van der Waals surface area contributed by atoms with E-state index in [2.05, 4.69) is 45.4 Å². The van der Waals surface area contributed by atoms with Crippen molar-refractivity contribution in [3.63, 3.8) is 0 Å². The summed E-state index contributed by atoms with van der Waals surface area (Å²) in [5.41, 5.74) is 10.4. The van der Waals surface area contributed by atoms with E-state index in [1.54, 1.807) is 29.5 Å². The number of anilines is 1. The maximum Gasteiger partial charge on any atom is 0.311 e. The molecule has 0 spiro atoms. The number of imidazole rings is 1. The van der Waals surface area contributed by atoms with Gasteiger partial charge in [0.05, 0.1) is 16.7 Å². The van der Waals surface area contributed by atoms with Gasteiger partial charge in [0.1, 0.15) is 24.2 Å². The molecule has 2 N–H and O–H groups in total. The monoisotopic (exact) mass is 496 g/mol. The number of ether oxygens (including phenoxy) is 1. The Hall–Kier alpha value is -4.60. The second kappa shape index (κ2) is 9.45. The molecular weight excluding hydrogens is 468 g/mol. The van der Waals surface area contributed by atoms with Gasteiger partial charge < -0.3 is 15.0 Å². The normalized spacial score (nSPS) is 11.7. The molecule has 0 radical (unpaired) electrons. The third kappa shape index (κ3) is 4.77. The van der Waals surface area contributed by atoms with Crippen molar-refractivity contribution in [1.82, 2.24) is 34.3 Å². The van der Waals surface area contributed by atoms with Crippen LogP contribution in [0.1, 0.15) is 40.5 Å². The van der Waals surface area contributed by atoms with E-state index in [4.69, 9.17) is 15.5 Å². The average molecular weight is 497 g/mol. The molecule has 5 aromatic rings. The predicted octanol–water partition coefficient (Wildman–Crippen LogP) is 4.78. The van der Waals surface area contributed by atoms with Gasteiger partial charge >= 0.3 is 5.97 Å². The molecule has 0 bridgehead atoms. The molecule has 10 nitrogen and oxygen atoms in total. The highest BCUT2D eigenvalue weighted by Gasteiger charge is 2.25. The molecular formula is C27H28N8O2. The molecule has 0 atom stereocenters. The van der Waals surface area contributed by atoms with Crippen LogP contribution in [-0.4, -0.2) is 40.3 Å². The third-order valence-electron chi connectivity index (χ3n) is 5.89. The van der Waals surface area contributed by atoms with Crippen LogP contribution < -0.4 is 10.5 Å². The summed E-state index contributed by atoms with van der Waals surface area (Å²) in [6, 6.07) is 11.5. The third-order valence-corrected chi connectivity index (χ3v) is 5.89. The first-order valence-corrected chi connectivity index (χ1v) is 12.1. The lowest BCUT2D eigenvalue weighted by atomic mass is 10.0. The molecule has 0 aliphatic heterocycles. The lowest BCUT2D eigenvalue weighted by Gasteiger charge is -2.25. The van der Waals surface area contributed by atoms with Crippen LogP contribution in [0.15, 0.2) is 61.4 Å². The molecule has 5 rings (SSSR count). The van der Waals surface area contributed by atoms with Crippen LogP contribution in [0.4, 0.5) is 5.95 Å². The van der Waals surface area contributed by atoms with Gasteiger partial charge in [0.2, 0.25) is 5.95 Å². The van der Waals surface area contributed by atoms with E-state index in [1.165, 1.54) is 6.33 Å². The van der Waals surface area contributed by atoms with Crippen molar-refractivity contribution >= 4 is 23.0 Å². The number of nitrogen functional groups attached to an aromatic ring is 1. The van der Waals surface area contributed by atoms with E-state index in [9.17, 15) is 4.79 Å². The van der Waals surface area contributed by atoms with Crippen molar-refractivity contribution < 1.29 is 9.53 Å². The van der Waals surface area contributed by atoms with Crippen LogP contribution in [-0.2, 0) is 10.3 Å². The highest BCUT2D eigenvalue weighted by molar-refractivity contribution is 5.87. The van der Waals surface area contributed by atoms with Gasteiger partial charge in [0.15, 0.2) is 0 Å². The molecule has 0 fully saturated rings. The molecule has 3 aromatic heterocycles. The molecule has 3 heterocycles. The van der Waals surface area contributed by atoms with Gasteiger partial charge in [0, 0.05) is 35.5 Å². The van der Waals surface area contributed by atoms with Gasteiger partial charge in [0.25, 0.3) is 0 Å². The first-order chi connectivity index (χ1) is 17.7. The Morgan fingerprint density at radius 1 is 1.05 bits per heavy atom. The number of hydrogen-bond acceptors (Lipinski definition) is 8. The summed E-state index contributed by atoms with van der Waals surface area (Å²) in [6.07, 6.45) is 7.56. The second-order valence-corrected chi connectivity index (χ2v) is 9.72. The second-order valence-electron chi connectivity index (χ2n) is 9.72. The zero-order chi connectivity index (χ0) is 26.2. The van der Waals surface area contributed by atoms with Crippen LogP contribution in [0.3, 0.4) is 0 Å². The van der Waals surface area contributed by atoms with E-state index >= 15 is 0 Å². The molecule has 0 amide bonds. The topological polar surface area (TPSA) is 127 Å². The minimum Gasteiger partial charge on any atom is -0.427 e. The zero-order valence-corrected chi connectivity index (χ0v) is 21.2. The van der Waals surface area contributed by atoms with Crippen LogP contribution in [0.25, 0.3) is 39.2 Å². The number of fused-ring (bicyclic) bond motifs is 1. The zero-order valence-electron chi connectivity index (χ0n) is 21.2. The summed E-state index contributed by atoms with van der Waals surface area (Å²) in [6.45, 7) is 8.32. The number of nitrogens with zero attached hydrogens (tertiary/aromatic N) is 7. The van der Waals surface area contributed by atoms with E-state index in [0.29, 0.717) is 24.4 Å². The highest BCUT2D eigenvalue weighted by Crippen LogP contribution is 2.37. The Kier molecular flexibility index (Phi) is 6.16. The fourth-order valence-electron chi connectivity index (χ4n) is 4.28. The Morgan fingerprint density at radius 2 is 1.84 bits per heavy atom. The quantitative estimate of drug-likeness (QED) is 0.263. The molecule has 0 aliphatic carbocycles. The highest BCUT2D eigenvalue weighted by atomic mass is 16.5. The van der Waals surface area contributed by atoms with Gasteiger partial charge in [-0.05, 0) is 63.1 Å². The smallest absolute Gasteiger partial charge is 0.311 e. The fraction of sp³-hybridized carbons (Fsp3) is 0.259. The van der Waals surface area contributed by atoms with E-state index in [0.717, 1.165) is 33.4 Å². The molecule has 0 aliphatic rings. The van der Waals surface area contributed by atoms with Crippen LogP contribution in [0, 0.1) is 0 Å². The Morgan fingerprint density at radius 3 is 2.51 bits per heavy atom. The summed E-state index contributed by atoms with van der Waals surface area (Å²) >= 11 is 0. The van der Waals surface area contributed by atoms with Crippen LogP contribution in [0.2, 0.25) is 0 Å². The number of aromatic nitrogens is 7. The Labute approximate surface area is 214 Å². The average Bonchev–Trinajstić information content (AvgIpc) is 3.52. The van der Waals surface area contributed by atoms with E-state index in [1.807, 2.05) is 37.3 Å². The fourth-order valence-corrected chi connectivity index (χ4v) is 4.28. The molecule has 2 aromatic carbocycles. The largest absolute Gasteiger partial charge is 0.427 e. The number of nitrogens with two attached hydrogens (primary N) is 1. The molecule has 188 valence electrons. The Bertz CT molecular complexity index is 1570. The van der Waals surface area contributed by atoms with Crippen molar-refractivity contribution in [2.45, 2.75) is 46.1 Å². The maximum absolute atomic E-state index is 12.2. The summed E-state index contributed by atoms with van der Waals surface area (Å²) in [4.78, 5) is 29.7. The maximum atomic E-state index is 12.2. The summed E-state index contributed by atoms with van der Waals surface area (Å²) < 4.78 is 9.49. The summed E-state index contributed by atoms with van der Waals surface area (Å²) in [5.74, 6) is 1.11. The van der Waals surface area contributed by atoms with Gasteiger partial charge in [-0.1, -0.05) is 13.0 Å². The first kappa shape index (κ1) is 24.1. The standard InChI is InChI=1S/C27H28N8O2/c1-5-6-24(36)37-19-8-10-22(34-16-29-15-32-34)20(12-19)25-33-21-11-17(18-13-30-26(28)31-14-18)7-9-23(21)35(25)27(2,3)4/h7-16H,5-6H2,1-4H3,(H2,28,30,31). The molecule has 0 saturated heterocycles. The van der Waals surface area contributed by atoms with E-state index < -0.39 is 0 Å². The van der Waals surface area contributed by atoms with Crippen molar-refractivity contribution in [2.24, 2.45) is 0 Å². The van der Waals surface area contributed by atoms with Crippen molar-refractivity contribution in [1.29, 1.82) is 0 Å². The first-order valence-electron chi connectivity index (χ1n) is 12.1. The van der Waals surface area contributed by atoms with Crippen molar-refractivity contribution in [3.8, 4) is 34.0 Å². The molecule has 0 saturated carbocycles. The number of benzene rings is 2. The van der Waals surface area contributed by atoms with Crippen molar-refractivity contribution in [2.75, 3.05) is 5.73 Å². The lowest BCUT2D eigenvalue weighted by Crippen LogP contribution is -2.23. The van der Waals surface area contributed by atoms with Gasteiger partial charge in [-0.15, -0.1) is 0 Å². The van der Waals surface area contributed by atoms with Crippen LogP contribution in [0.5, 0.6) is 5.75 Å². The molecule has 37 heavy (non-hydrogen) atoms. The minimum atomic E-state index is -0.315. The molecule has 10 heteroatoms. The SMILES string of the molecule is CCCC(=O)Oc1ccc(-n2cncn2)c(-c2nc3cc(-c4cnc(N)nc4)ccc3n2C(C)(C)C)c1. The van der Waals surface area contributed by atoms with Gasteiger partial charge in [-0.2, -0.15) is 5.10 Å². The van der Waals surface area contributed by atoms with Gasteiger partial charge in [-0.25, -0.2) is 24.6 Å². The Balaban J connectivity index is 1.72. The number of carbonyl (C=O) groups excluding carboxylic acids is 1. The van der Waals surface area contributed by atoms with Crippen LogP contribution >= 0.6 is 0 Å².